The number of pyridine rings is 1. The number of nitrogens with zero attached hydrogens (tertiary/aromatic N) is 5. The van der Waals surface area contributed by atoms with E-state index in [-0.39, 0.29) is 23.9 Å². The van der Waals surface area contributed by atoms with Gasteiger partial charge in [-0.2, -0.15) is 5.10 Å². The van der Waals surface area contributed by atoms with Gasteiger partial charge < -0.3 is 20.7 Å². The van der Waals surface area contributed by atoms with Crippen LogP contribution < -0.4 is 11.1 Å². The van der Waals surface area contributed by atoms with Crippen molar-refractivity contribution in [1.29, 1.82) is 0 Å². The second kappa shape index (κ2) is 13.3. The average molecular weight is 594 g/mol. The number of anilines is 1. The largest absolute Gasteiger partial charge is 0.383 e. The number of nitrogen functional groups attached to an aromatic ring is 1. The van der Waals surface area contributed by atoms with Crippen molar-refractivity contribution in [2.24, 2.45) is 7.05 Å². The fourth-order valence-electron chi connectivity index (χ4n) is 6.25. The van der Waals surface area contributed by atoms with Crippen LogP contribution in [0.3, 0.4) is 0 Å². The van der Waals surface area contributed by atoms with Gasteiger partial charge in [-0.15, -0.1) is 0 Å². The fraction of sp³-hybridized carbons (Fsp3) is 0.400. The summed E-state index contributed by atoms with van der Waals surface area (Å²) >= 11 is 0. The maximum Gasteiger partial charge on any atom is 0.255 e. The van der Waals surface area contributed by atoms with Crippen molar-refractivity contribution in [2.75, 3.05) is 32.4 Å². The van der Waals surface area contributed by atoms with Crippen molar-refractivity contribution in [3.63, 3.8) is 0 Å². The second-order valence-corrected chi connectivity index (χ2v) is 12.4. The van der Waals surface area contributed by atoms with E-state index in [0.717, 1.165) is 62.1 Å². The molecule has 1 aliphatic carbocycles. The minimum absolute atomic E-state index is 0.0508. The van der Waals surface area contributed by atoms with Crippen molar-refractivity contribution in [2.45, 2.75) is 57.5 Å². The van der Waals surface area contributed by atoms with Gasteiger partial charge in [0.15, 0.2) is 0 Å². The Hall–Kier alpha value is -4.05. The fourth-order valence-corrected chi connectivity index (χ4v) is 6.25. The van der Waals surface area contributed by atoms with Crippen LogP contribution in [0.15, 0.2) is 73.2 Å². The Morgan fingerprint density at radius 3 is 2.36 bits per heavy atom. The molecule has 0 radical (unpaired) electrons. The van der Waals surface area contributed by atoms with E-state index >= 15 is 0 Å². The normalized spacial score (nSPS) is 21.0. The molecule has 6 rings (SSSR count). The monoisotopic (exact) mass is 593 g/mol. The van der Waals surface area contributed by atoms with Gasteiger partial charge in [-0.3, -0.25) is 14.4 Å². The maximum absolute atomic E-state index is 13.2. The number of piperazine rings is 1. The third-order valence-electron chi connectivity index (χ3n) is 9.13. The molecule has 9 heteroatoms. The lowest BCUT2D eigenvalue weighted by molar-refractivity contribution is 0.0272. The van der Waals surface area contributed by atoms with E-state index in [1.54, 1.807) is 23.1 Å². The number of benzene rings is 2. The number of nitrogens with two attached hydrogens (primary N) is 1. The lowest BCUT2D eigenvalue weighted by atomic mass is 10.0. The van der Waals surface area contributed by atoms with Crippen molar-refractivity contribution in [1.82, 2.24) is 29.9 Å². The Balaban J connectivity index is 1.02. The number of aryl methyl sites for hydroxylation is 1. The van der Waals surface area contributed by atoms with Crippen molar-refractivity contribution in [3.8, 4) is 22.3 Å². The van der Waals surface area contributed by atoms with Crippen LogP contribution in [0.4, 0.5) is 5.82 Å². The molecule has 3 heterocycles. The molecule has 2 aliphatic rings. The molecule has 4 aromatic rings. The molecule has 0 bridgehead atoms. The number of rotatable bonds is 9. The Bertz CT molecular complexity index is 1570. The first-order chi connectivity index (χ1) is 21.3. The summed E-state index contributed by atoms with van der Waals surface area (Å²) in [5.74, 6) is -0.0142. The van der Waals surface area contributed by atoms with E-state index in [2.05, 4.69) is 87.7 Å². The molecule has 2 aromatic heterocycles. The maximum atomic E-state index is 13.2. The predicted molar refractivity (Wildman–Crippen MR) is 174 cm³/mol. The number of nitrogens with one attached hydrogen (secondary N) is 1. The number of ether oxygens (including phenoxy) is 1. The number of aromatic nitrogens is 3. The number of amides is 1. The first-order valence-electron chi connectivity index (χ1n) is 15.6. The lowest BCUT2D eigenvalue weighted by Crippen LogP contribution is -2.49. The zero-order chi connectivity index (χ0) is 30.6. The molecule has 3 N–H and O–H groups in total. The van der Waals surface area contributed by atoms with E-state index < -0.39 is 0 Å². The van der Waals surface area contributed by atoms with Gasteiger partial charge in [0.25, 0.3) is 5.91 Å². The van der Waals surface area contributed by atoms with Crippen molar-refractivity contribution in [3.05, 3.63) is 89.9 Å². The molecule has 0 spiro atoms. The highest BCUT2D eigenvalue weighted by molar-refractivity contribution is 5.99. The molecular formula is C35H43N7O2. The summed E-state index contributed by atoms with van der Waals surface area (Å²) in [6.07, 6.45) is 8.03. The molecule has 1 aliphatic heterocycles. The Morgan fingerprint density at radius 2 is 1.68 bits per heavy atom. The predicted octanol–water partition coefficient (Wildman–Crippen LogP) is 4.73. The summed E-state index contributed by atoms with van der Waals surface area (Å²) in [5, 5.41) is 7.37. The molecule has 2 fully saturated rings. The number of likely N-dealkylation sites (N-methyl/N-ethyl adjacent to an activating group) is 1. The number of hydrogen-bond donors (Lipinski definition) is 2. The number of carbonyl (C=O) groups excluding carboxylic acids is 1. The van der Waals surface area contributed by atoms with E-state index in [0.29, 0.717) is 18.2 Å². The highest BCUT2D eigenvalue weighted by Gasteiger charge is 2.30. The van der Waals surface area contributed by atoms with Gasteiger partial charge in [-0.25, -0.2) is 4.98 Å². The van der Waals surface area contributed by atoms with Crippen LogP contribution in [0.25, 0.3) is 22.3 Å². The molecular weight excluding hydrogens is 550 g/mol. The van der Waals surface area contributed by atoms with E-state index in [1.165, 1.54) is 16.7 Å². The summed E-state index contributed by atoms with van der Waals surface area (Å²) in [7, 11) is 4.06. The van der Waals surface area contributed by atoms with Crippen molar-refractivity contribution < 1.29 is 9.53 Å². The van der Waals surface area contributed by atoms with Gasteiger partial charge in [0.2, 0.25) is 0 Å². The van der Waals surface area contributed by atoms with E-state index in [1.807, 2.05) is 13.2 Å². The summed E-state index contributed by atoms with van der Waals surface area (Å²) in [5.41, 5.74) is 13.0. The Labute approximate surface area is 260 Å². The van der Waals surface area contributed by atoms with Crippen LogP contribution >= 0.6 is 0 Å². The van der Waals surface area contributed by atoms with Gasteiger partial charge in [-0.05, 0) is 61.6 Å². The smallest absolute Gasteiger partial charge is 0.255 e. The highest BCUT2D eigenvalue weighted by atomic mass is 16.5. The van der Waals surface area contributed by atoms with Crippen LogP contribution in [-0.2, 0) is 24.9 Å². The summed E-state index contributed by atoms with van der Waals surface area (Å²) in [6, 6.07) is 19.8. The molecule has 44 heavy (non-hydrogen) atoms. The topological polar surface area (TPSA) is 102 Å². The summed E-state index contributed by atoms with van der Waals surface area (Å²) in [4.78, 5) is 22.5. The SMILES string of the molecule is C[C@@H]1CN(Cc2ccc(-c3ccc(CO[C@H]4CCC[C@@H]4NC(=O)c4cc(-c5cnn(C)c5)cnc4N)cc3)cc2)CCN1C. The van der Waals surface area contributed by atoms with Crippen molar-refractivity contribution >= 4 is 11.7 Å². The third-order valence-corrected chi connectivity index (χ3v) is 9.13. The molecule has 3 atom stereocenters. The number of hydrogen-bond acceptors (Lipinski definition) is 7. The Kier molecular flexibility index (Phi) is 9.07. The number of carbonyl (C=O) groups is 1. The average Bonchev–Trinajstić information content (AvgIpc) is 3.67. The Morgan fingerprint density at radius 1 is 0.955 bits per heavy atom. The van der Waals surface area contributed by atoms with Crippen LogP contribution in [0.1, 0.15) is 47.7 Å². The molecule has 1 amide bonds. The third kappa shape index (κ3) is 7.01. The minimum Gasteiger partial charge on any atom is -0.383 e. The zero-order valence-electron chi connectivity index (χ0n) is 25.9. The standard InChI is InChI=1S/C35H43N7O2/c1-24-20-42(16-15-40(24)2)21-25-7-11-27(12-8-25)28-13-9-26(10-14-28)23-44-33-6-4-5-32(33)39-35(43)31-17-29(18-37-34(31)36)30-19-38-41(3)22-30/h7-14,17-19,22,24,32-33H,4-6,15-16,20-21,23H2,1-3H3,(H2,36,37)(H,39,43)/t24-,32+,33+/m1/s1. The molecule has 2 aromatic carbocycles. The van der Waals surface area contributed by atoms with Gasteiger partial charge in [0, 0.05) is 62.8 Å². The highest BCUT2D eigenvalue weighted by Crippen LogP contribution is 2.27. The van der Waals surface area contributed by atoms with Gasteiger partial charge in [-0.1, -0.05) is 48.5 Å². The van der Waals surface area contributed by atoms with E-state index in [9.17, 15) is 4.79 Å². The molecule has 9 nitrogen and oxygen atoms in total. The van der Waals surface area contributed by atoms with Gasteiger partial charge >= 0.3 is 0 Å². The van der Waals surface area contributed by atoms with Crippen LogP contribution in [0.2, 0.25) is 0 Å². The van der Waals surface area contributed by atoms with Crippen LogP contribution in [-0.4, -0.2) is 75.3 Å². The quantitative estimate of drug-likeness (QED) is 0.289. The lowest BCUT2D eigenvalue weighted by Gasteiger charge is -2.37. The zero-order valence-corrected chi connectivity index (χ0v) is 25.9. The van der Waals surface area contributed by atoms with Crippen LogP contribution in [0, 0.1) is 0 Å². The molecule has 1 saturated carbocycles. The van der Waals surface area contributed by atoms with Gasteiger partial charge in [0.05, 0.1) is 30.5 Å². The summed E-state index contributed by atoms with van der Waals surface area (Å²) < 4.78 is 8.05. The second-order valence-electron chi connectivity index (χ2n) is 12.4. The van der Waals surface area contributed by atoms with Gasteiger partial charge in [0.1, 0.15) is 5.82 Å². The molecule has 230 valence electrons. The first-order valence-corrected chi connectivity index (χ1v) is 15.6. The molecule has 0 unspecified atom stereocenters. The first kappa shape index (κ1) is 30.0. The molecule has 1 saturated heterocycles. The van der Waals surface area contributed by atoms with E-state index in [4.69, 9.17) is 10.5 Å². The van der Waals surface area contributed by atoms with Crippen LogP contribution in [0.5, 0.6) is 0 Å². The minimum atomic E-state index is -0.227. The summed E-state index contributed by atoms with van der Waals surface area (Å²) in [6.45, 7) is 7.16.